The van der Waals surface area contributed by atoms with Crippen LogP contribution in [0, 0.1) is 30.1 Å². The highest BCUT2D eigenvalue weighted by atomic mass is 14.2. The molecular weight excluding hydrogens is 122 g/mol. The zero-order valence-electron chi connectivity index (χ0n) is 6.80. The number of hydrogen-bond acceptors (Lipinski definition) is 1. The molecule has 0 aromatic carbocycles. The molecule has 0 aliphatic heterocycles. The molecule has 0 aromatic rings. The largest absolute Gasteiger partial charge is 0.199 e. The Morgan fingerprint density at radius 2 is 1.60 bits per heavy atom. The quantitative estimate of drug-likeness (QED) is 0.471. The first-order valence-electron chi connectivity index (χ1n) is 3.45. The van der Waals surface area contributed by atoms with Gasteiger partial charge in [0.05, 0.1) is 6.07 Å². The molecule has 0 amide bonds. The third kappa shape index (κ3) is 10.1. The van der Waals surface area contributed by atoms with Crippen molar-refractivity contribution in [3.05, 3.63) is 0 Å². The van der Waals surface area contributed by atoms with E-state index in [0.29, 0.717) is 0 Å². The highest BCUT2D eigenvalue weighted by Gasteiger charge is 2.09. The molecule has 0 aromatic heterocycles. The molecule has 0 unspecified atom stereocenters. The van der Waals surface area contributed by atoms with Crippen LogP contribution in [0.1, 0.15) is 33.1 Å². The molecule has 1 saturated carbocycles. The van der Waals surface area contributed by atoms with Crippen LogP contribution < -0.4 is 0 Å². The average Bonchev–Trinajstić information content (AvgIpc) is 1.90. The Morgan fingerprint density at radius 3 is 1.60 bits per heavy atom. The van der Waals surface area contributed by atoms with Gasteiger partial charge in [-0.05, 0) is 5.92 Å². The third-order valence-electron chi connectivity index (χ3n) is 1.39. The van der Waals surface area contributed by atoms with E-state index in [1.165, 1.54) is 26.2 Å². The predicted octanol–water partition coefficient (Wildman–Crippen LogP) is 2.59. The van der Waals surface area contributed by atoms with Gasteiger partial charge in [-0.3, -0.25) is 0 Å². The smallest absolute Gasteiger partial charge is 0.0587 e. The summed E-state index contributed by atoms with van der Waals surface area (Å²) >= 11 is 0. The van der Waals surface area contributed by atoms with Crippen molar-refractivity contribution < 1.29 is 0 Å². The lowest BCUT2D eigenvalue weighted by Gasteiger charge is -2.18. The van der Waals surface area contributed by atoms with Gasteiger partial charge in [-0.15, -0.1) is 12.8 Å². The van der Waals surface area contributed by atoms with Gasteiger partial charge in [-0.2, -0.15) is 5.26 Å². The maximum Gasteiger partial charge on any atom is 0.0587 e. The topological polar surface area (TPSA) is 23.8 Å². The zero-order chi connectivity index (χ0) is 8.41. The fourth-order valence-electron chi connectivity index (χ4n) is 0.612. The van der Waals surface area contributed by atoms with E-state index >= 15 is 0 Å². The van der Waals surface area contributed by atoms with Crippen LogP contribution in [0.3, 0.4) is 0 Å². The van der Waals surface area contributed by atoms with E-state index < -0.39 is 0 Å². The minimum atomic E-state index is 1.06. The monoisotopic (exact) mass is 137 g/mol. The summed E-state index contributed by atoms with van der Waals surface area (Å²) in [6.45, 7) is 3.74. The highest BCUT2D eigenvalue weighted by Crippen LogP contribution is 2.24. The molecule has 0 atom stereocenters. The van der Waals surface area contributed by atoms with Gasteiger partial charge in [0.15, 0.2) is 0 Å². The minimum Gasteiger partial charge on any atom is -0.199 e. The van der Waals surface area contributed by atoms with Crippen molar-refractivity contribution in [2.75, 3.05) is 0 Å². The molecule has 0 saturated heterocycles. The van der Waals surface area contributed by atoms with Gasteiger partial charge in [-0.25, -0.2) is 0 Å². The van der Waals surface area contributed by atoms with Crippen molar-refractivity contribution in [1.82, 2.24) is 0 Å². The molecule has 0 bridgehead atoms. The molecular formula is C9H15N. The van der Waals surface area contributed by atoms with Crippen LogP contribution in [0.2, 0.25) is 0 Å². The van der Waals surface area contributed by atoms with E-state index in [0.717, 1.165) is 5.92 Å². The zero-order valence-corrected chi connectivity index (χ0v) is 6.80. The van der Waals surface area contributed by atoms with Crippen LogP contribution in [0.5, 0.6) is 0 Å². The van der Waals surface area contributed by atoms with E-state index in [9.17, 15) is 0 Å². The molecule has 10 heavy (non-hydrogen) atoms. The second kappa shape index (κ2) is 10.9. The van der Waals surface area contributed by atoms with Crippen LogP contribution in [0.4, 0.5) is 0 Å². The van der Waals surface area contributed by atoms with E-state index in [-0.39, 0.29) is 0 Å². The van der Waals surface area contributed by atoms with Crippen LogP contribution in [-0.4, -0.2) is 0 Å². The Hall–Kier alpha value is -0.950. The molecule has 1 nitrogen and oxygen atoms in total. The average molecular weight is 137 g/mol. The van der Waals surface area contributed by atoms with E-state index in [4.69, 9.17) is 5.26 Å². The van der Waals surface area contributed by atoms with Gasteiger partial charge in [-0.1, -0.05) is 26.2 Å². The first kappa shape index (κ1) is 11.8. The lowest BCUT2D eigenvalue weighted by Crippen LogP contribution is -2.04. The maximum absolute atomic E-state index is 7.32. The van der Waals surface area contributed by atoms with Crippen molar-refractivity contribution in [3.8, 4) is 18.9 Å². The Labute approximate surface area is 64.1 Å². The first-order valence-corrected chi connectivity index (χ1v) is 3.45. The molecule has 1 aliphatic carbocycles. The van der Waals surface area contributed by atoms with Crippen LogP contribution >= 0.6 is 0 Å². The summed E-state index contributed by atoms with van der Waals surface area (Å²) in [6, 6.07) is 1.75. The Morgan fingerprint density at radius 1 is 1.40 bits per heavy atom. The van der Waals surface area contributed by atoms with E-state index in [1.807, 2.05) is 0 Å². The summed E-state index contributed by atoms with van der Waals surface area (Å²) in [5.74, 6) is 1.06. The van der Waals surface area contributed by atoms with Gasteiger partial charge in [0.2, 0.25) is 0 Å². The first-order chi connectivity index (χ1) is 4.81. The summed E-state index contributed by atoms with van der Waals surface area (Å²) in [5, 5.41) is 7.32. The van der Waals surface area contributed by atoms with Gasteiger partial charge in [0.1, 0.15) is 0 Å². The fraction of sp³-hybridized carbons (Fsp3) is 0.667. The van der Waals surface area contributed by atoms with Crippen molar-refractivity contribution in [2.24, 2.45) is 5.92 Å². The minimum absolute atomic E-state index is 1.06. The predicted molar refractivity (Wildman–Crippen MR) is 44.2 cm³/mol. The normalized spacial score (nSPS) is 13.9. The highest BCUT2D eigenvalue weighted by molar-refractivity contribution is 4.62. The molecule has 0 spiro atoms. The number of rotatable bonds is 0. The number of nitriles is 1. The molecule has 56 valence electrons. The number of hydrogen-bond donors (Lipinski definition) is 0. The van der Waals surface area contributed by atoms with Crippen LogP contribution in [0.25, 0.3) is 0 Å². The van der Waals surface area contributed by atoms with E-state index in [2.05, 4.69) is 19.8 Å². The molecule has 1 heteroatoms. The summed E-state index contributed by atoms with van der Waals surface area (Å²) in [5.41, 5.74) is 0. The van der Waals surface area contributed by atoms with E-state index in [1.54, 1.807) is 6.07 Å². The van der Waals surface area contributed by atoms with Gasteiger partial charge < -0.3 is 0 Å². The van der Waals surface area contributed by atoms with Gasteiger partial charge >= 0.3 is 0 Å². The lowest BCUT2D eigenvalue weighted by atomic mass is 9.88. The Kier molecular flexibility index (Phi) is 12.9. The standard InChI is InChI=1S/C5H10.C2H3N.C2H2/c1-5-3-2-4-5;1-2-3;1-2/h5H,2-4H2,1H3;1H3;1-2H. The van der Waals surface area contributed by atoms with Crippen LogP contribution in [0.15, 0.2) is 0 Å². The number of terminal acetylenes is 1. The van der Waals surface area contributed by atoms with Crippen LogP contribution in [-0.2, 0) is 0 Å². The molecule has 1 aliphatic rings. The van der Waals surface area contributed by atoms with Crippen molar-refractivity contribution in [3.63, 3.8) is 0 Å². The fourth-order valence-corrected chi connectivity index (χ4v) is 0.612. The summed E-state index contributed by atoms with van der Waals surface area (Å²) < 4.78 is 0. The summed E-state index contributed by atoms with van der Waals surface area (Å²) in [7, 11) is 0. The molecule has 0 heterocycles. The van der Waals surface area contributed by atoms with Gasteiger partial charge in [0.25, 0.3) is 0 Å². The lowest BCUT2D eigenvalue weighted by molar-refractivity contribution is 0.346. The number of nitrogens with zero attached hydrogens (tertiary/aromatic N) is 1. The molecule has 0 radical (unpaired) electrons. The molecule has 1 rings (SSSR count). The second-order valence-corrected chi connectivity index (χ2v) is 2.26. The third-order valence-corrected chi connectivity index (χ3v) is 1.39. The second-order valence-electron chi connectivity index (χ2n) is 2.26. The summed E-state index contributed by atoms with van der Waals surface area (Å²) in [4.78, 5) is 0. The summed E-state index contributed by atoms with van der Waals surface area (Å²) in [6.07, 6.45) is 12.5. The van der Waals surface area contributed by atoms with Crippen molar-refractivity contribution in [1.29, 1.82) is 5.26 Å². The SMILES string of the molecule is C#C.CC#N.CC1CCC1. The van der Waals surface area contributed by atoms with Crippen molar-refractivity contribution >= 4 is 0 Å². The molecule has 1 fully saturated rings. The molecule has 0 N–H and O–H groups in total. The van der Waals surface area contributed by atoms with Crippen molar-refractivity contribution in [2.45, 2.75) is 33.1 Å². The Balaban J connectivity index is 0. The Bertz CT molecular complexity index is 104. The van der Waals surface area contributed by atoms with Gasteiger partial charge in [0, 0.05) is 6.92 Å². The maximum atomic E-state index is 7.32.